The maximum absolute atomic E-state index is 15.2. The first-order valence-electron chi connectivity index (χ1n) is 9.02. The first kappa shape index (κ1) is 19.3. The van der Waals surface area contributed by atoms with Gasteiger partial charge < -0.3 is 5.11 Å². The van der Waals surface area contributed by atoms with E-state index < -0.39 is 45.8 Å². The molecule has 4 rings (SSSR count). The molecule has 1 amide bonds. The van der Waals surface area contributed by atoms with Crippen molar-refractivity contribution in [2.45, 2.75) is 38.2 Å². The van der Waals surface area contributed by atoms with Crippen molar-refractivity contribution in [3.8, 4) is 5.75 Å². The molecule has 0 bridgehead atoms. The van der Waals surface area contributed by atoms with Gasteiger partial charge in [-0.2, -0.15) is 8.42 Å². The molecule has 7 nitrogen and oxygen atoms in total. The Morgan fingerprint density at radius 3 is 2.61 bits per heavy atom. The first-order chi connectivity index (χ1) is 13.1. The summed E-state index contributed by atoms with van der Waals surface area (Å²) in [5, 5.41) is 10.2. The highest BCUT2D eigenvalue weighted by Gasteiger charge is 2.45. The zero-order chi connectivity index (χ0) is 20.3. The largest absolute Gasteiger partial charge is 0.506 e. The highest BCUT2D eigenvalue weighted by molar-refractivity contribution is 7.92. The number of amides is 1. The number of nitrogens with one attached hydrogen (secondary N) is 1. The van der Waals surface area contributed by atoms with E-state index in [9.17, 15) is 27.1 Å². The average molecular weight is 419 g/mol. The second-order valence-electron chi connectivity index (χ2n) is 7.68. The van der Waals surface area contributed by atoms with Gasteiger partial charge >= 0.3 is 10.2 Å². The van der Waals surface area contributed by atoms with E-state index in [1.165, 1.54) is 6.07 Å². The second-order valence-corrected chi connectivity index (χ2v) is 9.27. The third-order valence-electron chi connectivity index (χ3n) is 5.59. The third-order valence-corrected chi connectivity index (χ3v) is 6.97. The van der Waals surface area contributed by atoms with Crippen LogP contribution in [-0.2, 0) is 28.0 Å². The fraction of sp³-hybridized carbons (Fsp3) is 0.588. The molecule has 1 aromatic rings. The second kappa shape index (κ2) is 6.51. The quantitative estimate of drug-likeness (QED) is 0.772. The standard InChI is InChI=1S/C17H20F3N3O4S/c18-15-12-8-22(3-1-10-6-17(19,20)7-10)4-2-11(12)5-13(24)16(15)23-9-14(25)21-28(23,26)27/h5,10,24H,1-4,6-9H2,(H,21,25). The van der Waals surface area contributed by atoms with Gasteiger partial charge in [0, 0.05) is 31.5 Å². The molecule has 0 atom stereocenters. The third kappa shape index (κ3) is 3.41. The molecular weight excluding hydrogens is 399 g/mol. The molecule has 154 valence electrons. The van der Waals surface area contributed by atoms with E-state index in [4.69, 9.17) is 0 Å². The number of hydrogen-bond acceptors (Lipinski definition) is 5. The van der Waals surface area contributed by atoms with E-state index in [-0.39, 0.29) is 30.9 Å². The summed E-state index contributed by atoms with van der Waals surface area (Å²) in [6.45, 7) is 0.715. The number of rotatable bonds is 4. The molecule has 2 fully saturated rings. The Morgan fingerprint density at radius 2 is 2.00 bits per heavy atom. The van der Waals surface area contributed by atoms with Gasteiger partial charge in [-0.3, -0.25) is 9.69 Å². The van der Waals surface area contributed by atoms with Gasteiger partial charge in [0.25, 0.3) is 5.91 Å². The fourth-order valence-corrected chi connectivity index (χ4v) is 5.28. The molecule has 1 aromatic carbocycles. The van der Waals surface area contributed by atoms with Crippen LogP contribution in [0.2, 0.25) is 0 Å². The zero-order valence-corrected chi connectivity index (χ0v) is 15.7. The Bertz CT molecular complexity index is 930. The highest BCUT2D eigenvalue weighted by Crippen LogP contribution is 2.44. The molecule has 0 spiro atoms. The summed E-state index contributed by atoms with van der Waals surface area (Å²) >= 11 is 0. The van der Waals surface area contributed by atoms with E-state index in [2.05, 4.69) is 0 Å². The smallest absolute Gasteiger partial charge is 0.326 e. The van der Waals surface area contributed by atoms with Gasteiger partial charge in [-0.15, -0.1) is 0 Å². The van der Waals surface area contributed by atoms with Crippen molar-refractivity contribution < 1.29 is 31.5 Å². The van der Waals surface area contributed by atoms with Crippen LogP contribution in [0.5, 0.6) is 5.75 Å². The van der Waals surface area contributed by atoms with Crippen LogP contribution < -0.4 is 9.03 Å². The lowest BCUT2D eigenvalue weighted by Gasteiger charge is -2.37. The Labute approximate surface area is 160 Å². The summed E-state index contributed by atoms with van der Waals surface area (Å²) in [4.78, 5) is 13.4. The summed E-state index contributed by atoms with van der Waals surface area (Å²) in [6, 6.07) is 1.33. The highest BCUT2D eigenvalue weighted by atomic mass is 32.2. The van der Waals surface area contributed by atoms with E-state index >= 15 is 4.39 Å². The van der Waals surface area contributed by atoms with Crippen molar-refractivity contribution in [1.82, 2.24) is 9.62 Å². The fourth-order valence-electron chi connectivity index (χ4n) is 4.12. The van der Waals surface area contributed by atoms with Gasteiger partial charge in [-0.05, 0) is 36.9 Å². The first-order valence-corrected chi connectivity index (χ1v) is 10.5. The molecule has 1 saturated heterocycles. The van der Waals surface area contributed by atoms with Crippen LogP contribution in [0.3, 0.4) is 0 Å². The van der Waals surface area contributed by atoms with Crippen LogP contribution in [0, 0.1) is 11.7 Å². The SMILES string of the molecule is O=C1CN(c2c(O)cc3c(c2F)CN(CCC2CC(F)(F)C2)CC3)S(=O)(=O)N1. The molecule has 2 N–H and O–H groups in total. The zero-order valence-electron chi connectivity index (χ0n) is 14.9. The minimum atomic E-state index is -4.25. The Balaban J connectivity index is 1.53. The molecule has 1 aliphatic carbocycles. The van der Waals surface area contributed by atoms with Crippen LogP contribution in [0.15, 0.2) is 6.07 Å². The van der Waals surface area contributed by atoms with Gasteiger partial charge in [-0.1, -0.05) is 0 Å². The number of phenolic OH excluding ortho intramolecular Hbond substituents is 1. The lowest BCUT2D eigenvalue weighted by atomic mass is 9.79. The van der Waals surface area contributed by atoms with Crippen molar-refractivity contribution in [1.29, 1.82) is 0 Å². The van der Waals surface area contributed by atoms with Crippen molar-refractivity contribution in [3.05, 3.63) is 23.0 Å². The normalized spacial score (nSPS) is 24.0. The van der Waals surface area contributed by atoms with Crippen molar-refractivity contribution in [2.75, 3.05) is 23.9 Å². The van der Waals surface area contributed by atoms with Gasteiger partial charge in [0.2, 0.25) is 5.92 Å². The molecule has 2 heterocycles. The predicted octanol–water partition coefficient (Wildman–Crippen LogP) is 1.51. The average Bonchev–Trinajstić information content (AvgIpc) is 2.83. The lowest BCUT2D eigenvalue weighted by molar-refractivity contribution is -0.117. The number of phenols is 1. The topological polar surface area (TPSA) is 90.0 Å². The van der Waals surface area contributed by atoms with Crippen molar-refractivity contribution >= 4 is 21.8 Å². The van der Waals surface area contributed by atoms with E-state index in [1.807, 2.05) is 4.90 Å². The molecule has 0 aromatic heterocycles. The van der Waals surface area contributed by atoms with Crippen LogP contribution in [0.4, 0.5) is 18.9 Å². The molecular formula is C17H20F3N3O4S. The van der Waals surface area contributed by atoms with Crippen molar-refractivity contribution in [2.24, 2.45) is 5.92 Å². The number of fused-ring (bicyclic) bond motifs is 1. The van der Waals surface area contributed by atoms with Crippen molar-refractivity contribution in [3.63, 3.8) is 0 Å². The lowest BCUT2D eigenvalue weighted by Crippen LogP contribution is -2.39. The maximum Gasteiger partial charge on any atom is 0.326 e. The molecule has 3 aliphatic rings. The van der Waals surface area contributed by atoms with E-state index in [0.717, 1.165) is 0 Å². The number of hydrogen-bond donors (Lipinski definition) is 2. The van der Waals surface area contributed by atoms with Gasteiger partial charge in [-0.25, -0.2) is 22.2 Å². The summed E-state index contributed by atoms with van der Waals surface area (Å²) in [5.74, 6) is -4.83. The van der Waals surface area contributed by atoms with Gasteiger partial charge in [0.15, 0.2) is 5.82 Å². The van der Waals surface area contributed by atoms with Crippen LogP contribution in [0.1, 0.15) is 30.4 Å². The number of nitrogens with zero attached hydrogens (tertiary/aromatic N) is 2. The van der Waals surface area contributed by atoms with Gasteiger partial charge in [0.1, 0.15) is 18.0 Å². The Morgan fingerprint density at radius 1 is 1.29 bits per heavy atom. The van der Waals surface area contributed by atoms with Crippen LogP contribution in [0.25, 0.3) is 0 Å². The maximum atomic E-state index is 15.2. The predicted molar refractivity (Wildman–Crippen MR) is 93.7 cm³/mol. The monoisotopic (exact) mass is 419 g/mol. The summed E-state index contributed by atoms with van der Waals surface area (Å²) in [7, 11) is -4.25. The molecule has 0 radical (unpaired) electrons. The van der Waals surface area contributed by atoms with E-state index in [1.54, 1.807) is 4.72 Å². The minimum Gasteiger partial charge on any atom is -0.506 e. The number of carbonyl (C=O) groups is 1. The Kier molecular flexibility index (Phi) is 4.49. The number of carbonyl (C=O) groups excluding carboxylic acids is 1. The molecule has 0 unspecified atom stereocenters. The number of anilines is 1. The number of alkyl halides is 2. The van der Waals surface area contributed by atoms with Crippen LogP contribution >= 0.6 is 0 Å². The molecule has 28 heavy (non-hydrogen) atoms. The molecule has 1 saturated carbocycles. The number of aromatic hydroxyl groups is 1. The number of halogens is 3. The molecule has 2 aliphatic heterocycles. The summed E-state index contributed by atoms with van der Waals surface area (Å²) < 4.78 is 67.4. The van der Waals surface area contributed by atoms with E-state index in [0.29, 0.717) is 35.8 Å². The summed E-state index contributed by atoms with van der Waals surface area (Å²) in [5.41, 5.74) is 0.284. The number of benzene rings is 1. The van der Waals surface area contributed by atoms with Gasteiger partial charge in [0.05, 0.1) is 0 Å². The minimum absolute atomic E-state index is 0.0385. The molecule has 11 heteroatoms. The van der Waals surface area contributed by atoms with Crippen LogP contribution in [-0.4, -0.2) is 49.9 Å². The Hall–Kier alpha value is -2.01. The summed E-state index contributed by atoms with van der Waals surface area (Å²) in [6.07, 6.45) is 0.816.